The number of halogens is 1. The molecule has 0 aliphatic carbocycles. The van der Waals surface area contributed by atoms with E-state index in [0.717, 1.165) is 28.6 Å². The summed E-state index contributed by atoms with van der Waals surface area (Å²) in [6, 6.07) is 16.9. The Bertz CT molecular complexity index is 1190. The number of benzene rings is 3. The van der Waals surface area contributed by atoms with E-state index in [1.807, 2.05) is 43.3 Å². The highest BCUT2D eigenvalue weighted by Gasteiger charge is 2.20. The Labute approximate surface area is 161 Å². The second-order valence-corrected chi connectivity index (χ2v) is 7.01. The molecular weight excluding hydrogens is 360 g/mol. The topological polar surface area (TPSA) is 68.2 Å². The first-order chi connectivity index (χ1) is 13.0. The Morgan fingerprint density at radius 1 is 1.07 bits per heavy atom. The van der Waals surface area contributed by atoms with Crippen LogP contribution in [0, 0.1) is 0 Å². The summed E-state index contributed by atoms with van der Waals surface area (Å²) in [7, 11) is 0. The van der Waals surface area contributed by atoms with Crippen LogP contribution in [0.4, 0.5) is 0 Å². The van der Waals surface area contributed by atoms with Crippen LogP contribution in [0.2, 0.25) is 5.02 Å². The number of nitrogens with zero attached hydrogens (tertiary/aromatic N) is 1. The molecule has 0 saturated carbocycles. The maximum absolute atomic E-state index is 12.0. The lowest BCUT2D eigenvalue weighted by atomic mass is 10.0. The van der Waals surface area contributed by atoms with Gasteiger partial charge in [-0.3, -0.25) is 4.79 Å². The van der Waals surface area contributed by atoms with Gasteiger partial charge in [-0.25, -0.2) is 0 Å². The van der Waals surface area contributed by atoms with E-state index in [9.17, 15) is 9.90 Å². The molecule has 5 heteroatoms. The van der Waals surface area contributed by atoms with Crippen molar-refractivity contribution in [3.63, 3.8) is 0 Å². The van der Waals surface area contributed by atoms with Crippen molar-refractivity contribution < 1.29 is 9.90 Å². The number of aromatic nitrogens is 1. The van der Waals surface area contributed by atoms with Crippen LogP contribution in [0.25, 0.3) is 21.8 Å². The molecule has 4 rings (SSSR count). The summed E-state index contributed by atoms with van der Waals surface area (Å²) >= 11 is 6.38. The zero-order chi connectivity index (χ0) is 19.1. The molecule has 0 unspecified atom stereocenters. The number of rotatable bonds is 4. The molecule has 3 N–H and O–H groups in total. The second kappa shape index (κ2) is 6.63. The van der Waals surface area contributed by atoms with Crippen LogP contribution in [0.5, 0.6) is 5.75 Å². The average Bonchev–Trinajstić information content (AvgIpc) is 2.97. The molecule has 0 bridgehead atoms. The first-order valence-corrected chi connectivity index (χ1v) is 9.19. The number of nitrogens with two attached hydrogens (primary N) is 1. The summed E-state index contributed by atoms with van der Waals surface area (Å²) in [5.41, 5.74) is 9.68. The summed E-state index contributed by atoms with van der Waals surface area (Å²) in [6.45, 7) is 2.56. The van der Waals surface area contributed by atoms with Gasteiger partial charge in [0.15, 0.2) is 0 Å². The van der Waals surface area contributed by atoms with Crippen LogP contribution in [0.15, 0.2) is 54.6 Å². The molecule has 0 fully saturated rings. The summed E-state index contributed by atoms with van der Waals surface area (Å²) in [6.07, 6.45) is 0.791. The fourth-order valence-corrected chi connectivity index (χ4v) is 3.87. The average molecular weight is 379 g/mol. The number of hydrogen-bond acceptors (Lipinski definition) is 2. The van der Waals surface area contributed by atoms with Crippen LogP contribution < -0.4 is 5.73 Å². The molecular formula is C22H19ClN2O2. The molecule has 0 radical (unpaired) electrons. The standard InChI is InChI=1S/C22H19ClN2O2/c1-2-13-10-18-21(19(26)11-13)20-15(22(24)27)7-5-9-17(20)25(18)12-14-6-3-4-8-16(14)23/h3-11,26H,2,12H2,1H3,(H2,24,27). The number of aromatic hydroxyl groups is 1. The maximum atomic E-state index is 12.0. The van der Waals surface area contributed by atoms with Crippen LogP contribution in [-0.4, -0.2) is 15.6 Å². The Morgan fingerprint density at radius 2 is 1.85 bits per heavy atom. The van der Waals surface area contributed by atoms with Gasteiger partial charge in [-0.1, -0.05) is 42.8 Å². The van der Waals surface area contributed by atoms with Gasteiger partial charge in [0.2, 0.25) is 5.91 Å². The summed E-state index contributed by atoms with van der Waals surface area (Å²) in [4.78, 5) is 12.0. The number of phenolic OH excluding ortho intramolecular Hbond substituents is 1. The quantitative estimate of drug-likeness (QED) is 0.532. The molecule has 0 saturated heterocycles. The molecule has 136 valence electrons. The van der Waals surface area contributed by atoms with Crippen molar-refractivity contribution in [3.8, 4) is 5.75 Å². The maximum Gasteiger partial charge on any atom is 0.249 e. The van der Waals surface area contributed by atoms with Gasteiger partial charge < -0.3 is 15.4 Å². The predicted octanol–water partition coefficient (Wildman–Crippen LogP) is 4.86. The van der Waals surface area contributed by atoms with E-state index in [1.54, 1.807) is 12.1 Å². The molecule has 1 amide bonds. The van der Waals surface area contributed by atoms with Crippen LogP contribution >= 0.6 is 11.6 Å². The van der Waals surface area contributed by atoms with Gasteiger partial charge in [-0.15, -0.1) is 0 Å². The number of carbonyl (C=O) groups is 1. The van der Waals surface area contributed by atoms with Gasteiger partial charge in [0.05, 0.1) is 16.4 Å². The normalized spacial score (nSPS) is 11.3. The number of phenols is 1. The Balaban J connectivity index is 2.12. The molecule has 3 aromatic carbocycles. The lowest BCUT2D eigenvalue weighted by Crippen LogP contribution is -2.11. The number of primary amides is 1. The zero-order valence-corrected chi connectivity index (χ0v) is 15.6. The van der Waals surface area contributed by atoms with Crippen molar-refractivity contribution in [1.82, 2.24) is 4.57 Å². The highest BCUT2D eigenvalue weighted by molar-refractivity contribution is 6.31. The molecule has 0 atom stereocenters. The van der Waals surface area contributed by atoms with Gasteiger partial charge in [-0.2, -0.15) is 0 Å². The molecule has 1 aromatic heterocycles. The highest BCUT2D eigenvalue weighted by Crippen LogP contribution is 2.38. The van der Waals surface area contributed by atoms with Crippen molar-refractivity contribution in [1.29, 1.82) is 0 Å². The van der Waals surface area contributed by atoms with Crippen molar-refractivity contribution in [2.75, 3.05) is 0 Å². The number of hydrogen-bond donors (Lipinski definition) is 2. The number of fused-ring (bicyclic) bond motifs is 3. The van der Waals surface area contributed by atoms with Crippen LogP contribution in [0.3, 0.4) is 0 Å². The van der Waals surface area contributed by atoms with E-state index >= 15 is 0 Å². The SMILES string of the molecule is CCc1cc(O)c2c3c(C(N)=O)cccc3n(Cc3ccccc3Cl)c2c1. The van der Waals surface area contributed by atoms with Gasteiger partial charge in [-0.05, 0) is 47.9 Å². The molecule has 0 aliphatic heterocycles. The first-order valence-electron chi connectivity index (χ1n) is 8.81. The molecule has 0 aliphatic rings. The zero-order valence-electron chi connectivity index (χ0n) is 14.9. The molecule has 0 spiro atoms. The van der Waals surface area contributed by atoms with E-state index in [-0.39, 0.29) is 5.75 Å². The minimum atomic E-state index is -0.517. The van der Waals surface area contributed by atoms with Gasteiger partial charge in [0.1, 0.15) is 5.75 Å². The van der Waals surface area contributed by atoms with Gasteiger partial charge in [0.25, 0.3) is 0 Å². The van der Waals surface area contributed by atoms with Gasteiger partial charge in [0, 0.05) is 22.5 Å². The minimum Gasteiger partial charge on any atom is -0.507 e. The molecule has 27 heavy (non-hydrogen) atoms. The van der Waals surface area contributed by atoms with Gasteiger partial charge >= 0.3 is 0 Å². The van der Waals surface area contributed by atoms with Crippen molar-refractivity contribution in [2.24, 2.45) is 5.73 Å². The van der Waals surface area contributed by atoms with E-state index in [1.165, 1.54) is 0 Å². The third-order valence-corrected chi connectivity index (χ3v) is 5.36. The van der Waals surface area contributed by atoms with E-state index in [4.69, 9.17) is 17.3 Å². The second-order valence-electron chi connectivity index (χ2n) is 6.60. The Morgan fingerprint density at radius 3 is 2.56 bits per heavy atom. The van der Waals surface area contributed by atoms with Crippen molar-refractivity contribution >= 4 is 39.3 Å². The number of aryl methyl sites for hydroxylation is 1. The molecule has 4 aromatic rings. The third-order valence-electron chi connectivity index (χ3n) is 4.99. The largest absolute Gasteiger partial charge is 0.507 e. The number of carbonyl (C=O) groups excluding carboxylic acids is 1. The lowest BCUT2D eigenvalue weighted by molar-refractivity contribution is 0.100. The molecule has 4 nitrogen and oxygen atoms in total. The van der Waals surface area contributed by atoms with E-state index in [0.29, 0.717) is 27.9 Å². The van der Waals surface area contributed by atoms with Crippen LogP contribution in [0.1, 0.15) is 28.4 Å². The van der Waals surface area contributed by atoms with Crippen molar-refractivity contribution in [3.05, 3.63) is 76.3 Å². The Hall–Kier alpha value is -2.98. The summed E-state index contributed by atoms with van der Waals surface area (Å²) in [5, 5.41) is 12.7. The smallest absolute Gasteiger partial charge is 0.249 e. The van der Waals surface area contributed by atoms with Crippen LogP contribution in [-0.2, 0) is 13.0 Å². The highest BCUT2D eigenvalue weighted by atomic mass is 35.5. The van der Waals surface area contributed by atoms with E-state index < -0.39 is 5.91 Å². The predicted molar refractivity (Wildman–Crippen MR) is 110 cm³/mol. The summed E-state index contributed by atoms with van der Waals surface area (Å²) in [5.74, 6) is -0.364. The molecule has 1 heterocycles. The fourth-order valence-electron chi connectivity index (χ4n) is 3.67. The third kappa shape index (κ3) is 2.82. The van der Waals surface area contributed by atoms with Crippen molar-refractivity contribution in [2.45, 2.75) is 19.9 Å². The van der Waals surface area contributed by atoms with E-state index in [2.05, 4.69) is 10.6 Å². The fraction of sp³-hybridized carbons (Fsp3) is 0.136. The Kier molecular flexibility index (Phi) is 4.28. The lowest BCUT2D eigenvalue weighted by Gasteiger charge is -2.10. The minimum absolute atomic E-state index is 0.154. The first kappa shape index (κ1) is 17.4. The number of amides is 1. The monoisotopic (exact) mass is 378 g/mol. The summed E-state index contributed by atoms with van der Waals surface area (Å²) < 4.78 is 2.08.